The molecular formula is C12H15ClO3. The molecule has 3 nitrogen and oxygen atoms in total. The minimum Gasteiger partial charge on any atom is -0.493 e. The highest BCUT2D eigenvalue weighted by Crippen LogP contribution is 2.23. The molecule has 0 atom stereocenters. The van der Waals surface area contributed by atoms with Crippen molar-refractivity contribution >= 4 is 11.6 Å². The summed E-state index contributed by atoms with van der Waals surface area (Å²) in [6.07, 6.45) is 0.708. The normalized spacial score (nSPS) is 18.6. The molecule has 16 heavy (non-hydrogen) atoms. The number of hydrogen-bond acceptors (Lipinski definition) is 3. The Bertz CT molecular complexity index is 348. The molecule has 1 saturated heterocycles. The zero-order valence-corrected chi connectivity index (χ0v) is 10.00. The van der Waals surface area contributed by atoms with Gasteiger partial charge in [-0.1, -0.05) is 17.7 Å². The van der Waals surface area contributed by atoms with E-state index < -0.39 is 5.79 Å². The molecular weight excluding hydrogens is 228 g/mol. The molecule has 1 aliphatic rings. The summed E-state index contributed by atoms with van der Waals surface area (Å²) < 4.78 is 16.5. The van der Waals surface area contributed by atoms with Crippen LogP contribution < -0.4 is 4.74 Å². The first-order valence-corrected chi connectivity index (χ1v) is 5.72. The fraction of sp³-hybridized carbons (Fsp3) is 0.500. The van der Waals surface area contributed by atoms with Crippen LogP contribution in [0.3, 0.4) is 0 Å². The van der Waals surface area contributed by atoms with Gasteiger partial charge in [-0.05, 0) is 25.1 Å². The van der Waals surface area contributed by atoms with E-state index in [0.29, 0.717) is 31.3 Å². The number of hydrogen-bond donors (Lipinski definition) is 0. The van der Waals surface area contributed by atoms with Crippen molar-refractivity contribution in [3.63, 3.8) is 0 Å². The first-order chi connectivity index (χ1) is 7.68. The predicted octanol–water partition coefficient (Wildman–Crippen LogP) is 2.87. The van der Waals surface area contributed by atoms with Crippen molar-refractivity contribution in [1.82, 2.24) is 0 Å². The summed E-state index contributed by atoms with van der Waals surface area (Å²) in [7, 11) is 0. The van der Waals surface area contributed by atoms with Crippen LogP contribution in [0.25, 0.3) is 0 Å². The molecule has 2 rings (SSSR count). The third-order valence-electron chi connectivity index (χ3n) is 2.52. The van der Waals surface area contributed by atoms with Crippen LogP contribution in [-0.4, -0.2) is 25.6 Å². The maximum atomic E-state index is 5.85. The van der Waals surface area contributed by atoms with Crippen molar-refractivity contribution in [3.8, 4) is 5.75 Å². The number of halogens is 1. The molecule has 88 valence electrons. The quantitative estimate of drug-likeness (QED) is 0.813. The second kappa shape index (κ2) is 5.04. The van der Waals surface area contributed by atoms with Crippen LogP contribution in [0.5, 0.6) is 5.75 Å². The van der Waals surface area contributed by atoms with E-state index in [1.165, 1.54) is 0 Å². The molecule has 4 heteroatoms. The number of benzene rings is 1. The molecule has 0 unspecified atom stereocenters. The van der Waals surface area contributed by atoms with Gasteiger partial charge in [0.05, 0.1) is 19.8 Å². The molecule has 0 aliphatic carbocycles. The molecule has 0 spiro atoms. The Labute approximate surface area is 100 Å². The van der Waals surface area contributed by atoms with E-state index in [4.69, 9.17) is 25.8 Å². The van der Waals surface area contributed by atoms with Crippen LogP contribution in [0.15, 0.2) is 24.3 Å². The Hall–Kier alpha value is -0.770. The van der Waals surface area contributed by atoms with E-state index in [0.717, 1.165) is 5.75 Å². The van der Waals surface area contributed by atoms with Gasteiger partial charge in [0.1, 0.15) is 5.75 Å². The average Bonchev–Trinajstić information content (AvgIpc) is 2.65. The van der Waals surface area contributed by atoms with Crippen molar-refractivity contribution in [2.75, 3.05) is 19.8 Å². The van der Waals surface area contributed by atoms with Gasteiger partial charge in [-0.25, -0.2) is 0 Å². The summed E-state index contributed by atoms with van der Waals surface area (Å²) in [6.45, 7) is 3.81. The van der Waals surface area contributed by atoms with Crippen LogP contribution in [0.2, 0.25) is 5.02 Å². The molecule has 0 N–H and O–H groups in total. The van der Waals surface area contributed by atoms with E-state index in [-0.39, 0.29) is 0 Å². The van der Waals surface area contributed by atoms with Gasteiger partial charge in [0.2, 0.25) is 0 Å². The van der Waals surface area contributed by atoms with E-state index in [1.54, 1.807) is 6.07 Å². The summed E-state index contributed by atoms with van der Waals surface area (Å²) >= 11 is 5.85. The second-order valence-electron chi connectivity index (χ2n) is 3.89. The molecule has 1 heterocycles. The van der Waals surface area contributed by atoms with Crippen molar-refractivity contribution in [3.05, 3.63) is 29.3 Å². The van der Waals surface area contributed by atoms with Gasteiger partial charge in [-0.15, -0.1) is 0 Å². The van der Waals surface area contributed by atoms with Gasteiger partial charge >= 0.3 is 0 Å². The Morgan fingerprint density at radius 2 is 2.12 bits per heavy atom. The maximum Gasteiger partial charge on any atom is 0.168 e. The third-order valence-corrected chi connectivity index (χ3v) is 2.75. The first kappa shape index (κ1) is 11.7. The highest BCUT2D eigenvalue weighted by atomic mass is 35.5. The molecule has 1 aromatic rings. The smallest absolute Gasteiger partial charge is 0.168 e. The minimum atomic E-state index is -0.488. The van der Waals surface area contributed by atoms with Crippen LogP contribution >= 0.6 is 11.6 Å². The summed E-state index contributed by atoms with van der Waals surface area (Å²) in [5.74, 6) is 0.285. The Balaban J connectivity index is 1.79. The summed E-state index contributed by atoms with van der Waals surface area (Å²) in [6, 6.07) is 7.35. The molecule has 0 amide bonds. The van der Waals surface area contributed by atoms with Crippen LogP contribution in [0.1, 0.15) is 13.3 Å². The van der Waals surface area contributed by atoms with Gasteiger partial charge in [0, 0.05) is 11.4 Å². The molecule has 1 aromatic carbocycles. The fourth-order valence-electron chi connectivity index (χ4n) is 1.61. The number of ether oxygens (including phenoxy) is 3. The second-order valence-corrected chi connectivity index (χ2v) is 4.32. The fourth-order valence-corrected chi connectivity index (χ4v) is 1.79. The van der Waals surface area contributed by atoms with Crippen LogP contribution in [0.4, 0.5) is 0 Å². The van der Waals surface area contributed by atoms with Crippen LogP contribution in [0, 0.1) is 0 Å². The third kappa shape index (κ3) is 3.11. The van der Waals surface area contributed by atoms with Gasteiger partial charge in [0.25, 0.3) is 0 Å². The topological polar surface area (TPSA) is 27.7 Å². The lowest BCUT2D eigenvalue weighted by Crippen LogP contribution is -2.27. The maximum absolute atomic E-state index is 5.85. The summed E-state index contributed by atoms with van der Waals surface area (Å²) in [5.41, 5.74) is 0. The van der Waals surface area contributed by atoms with E-state index in [1.807, 2.05) is 25.1 Å². The van der Waals surface area contributed by atoms with E-state index in [9.17, 15) is 0 Å². The molecule has 1 fully saturated rings. The summed E-state index contributed by atoms with van der Waals surface area (Å²) in [5, 5.41) is 0.678. The van der Waals surface area contributed by atoms with Gasteiger partial charge < -0.3 is 14.2 Å². The van der Waals surface area contributed by atoms with Crippen LogP contribution in [-0.2, 0) is 9.47 Å². The largest absolute Gasteiger partial charge is 0.493 e. The monoisotopic (exact) mass is 242 g/mol. The Morgan fingerprint density at radius 1 is 1.38 bits per heavy atom. The molecule has 0 bridgehead atoms. The first-order valence-electron chi connectivity index (χ1n) is 5.34. The molecule has 0 aromatic heterocycles. The standard InChI is InChI=1S/C12H15ClO3/c1-12(15-7-8-16-12)5-6-14-11-4-2-3-10(13)9-11/h2-4,9H,5-8H2,1H3. The lowest BCUT2D eigenvalue weighted by molar-refractivity contribution is -0.150. The number of rotatable bonds is 4. The Kier molecular flexibility index (Phi) is 3.69. The highest BCUT2D eigenvalue weighted by Gasteiger charge is 2.30. The lowest BCUT2D eigenvalue weighted by atomic mass is 10.2. The van der Waals surface area contributed by atoms with Crippen molar-refractivity contribution in [2.45, 2.75) is 19.1 Å². The summed E-state index contributed by atoms with van der Waals surface area (Å²) in [4.78, 5) is 0. The SMILES string of the molecule is CC1(CCOc2cccc(Cl)c2)OCCO1. The molecule has 0 saturated carbocycles. The van der Waals surface area contributed by atoms with Crippen molar-refractivity contribution in [1.29, 1.82) is 0 Å². The minimum absolute atomic E-state index is 0.488. The average molecular weight is 243 g/mol. The highest BCUT2D eigenvalue weighted by molar-refractivity contribution is 6.30. The molecule has 1 aliphatic heterocycles. The lowest BCUT2D eigenvalue weighted by Gasteiger charge is -2.22. The zero-order valence-electron chi connectivity index (χ0n) is 9.24. The Morgan fingerprint density at radius 3 is 2.81 bits per heavy atom. The molecule has 0 radical (unpaired) electrons. The van der Waals surface area contributed by atoms with Crippen molar-refractivity contribution < 1.29 is 14.2 Å². The van der Waals surface area contributed by atoms with E-state index in [2.05, 4.69) is 0 Å². The van der Waals surface area contributed by atoms with Crippen molar-refractivity contribution in [2.24, 2.45) is 0 Å². The van der Waals surface area contributed by atoms with Gasteiger partial charge in [0.15, 0.2) is 5.79 Å². The van der Waals surface area contributed by atoms with Gasteiger partial charge in [-0.2, -0.15) is 0 Å². The van der Waals surface area contributed by atoms with E-state index >= 15 is 0 Å². The zero-order chi connectivity index (χ0) is 11.4. The van der Waals surface area contributed by atoms with Gasteiger partial charge in [-0.3, -0.25) is 0 Å². The predicted molar refractivity (Wildman–Crippen MR) is 61.9 cm³/mol.